The average molecular weight is 449 g/mol. The zero-order valence-corrected chi connectivity index (χ0v) is 18.0. The van der Waals surface area contributed by atoms with Gasteiger partial charge in [-0.15, -0.1) is 23.5 Å². The summed E-state index contributed by atoms with van der Waals surface area (Å²) in [7, 11) is 0. The van der Waals surface area contributed by atoms with Gasteiger partial charge in [-0.1, -0.05) is 41.9 Å². The maximum absolute atomic E-state index is 10.3. The van der Waals surface area contributed by atoms with Crippen molar-refractivity contribution in [1.82, 2.24) is 0 Å². The van der Waals surface area contributed by atoms with E-state index in [1.54, 1.807) is 23.5 Å². The van der Waals surface area contributed by atoms with Crippen molar-refractivity contribution in [3.8, 4) is 12.1 Å². The highest BCUT2D eigenvalue weighted by atomic mass is 79.9. The average Bonchev–Trinajstić information content (AvgIpc) is 3.23. The van der Waals surface area contributed by atoms with Gasteiger partial charge >= 0.3 is 0 Å². The smallest absolute Gasteiger partial charge is 0.175 e. The van der Waals surface area contributed by atoms with Crippen molar-refractivity contribution in [1.29, 1.82) is 10.5 Å². The molecule has 2 N–H and O–H groups in total. The monoisotopic (exact) mass is 448 g/mol. The van der Waals surface area contributed by atoms with Crippen molar-refractivity contribution in [2.45, 2.75) is 36.8 Å². The minimum atomic E-state index is -1.04. The van der Waals surface area contributed by atoms with E-state index in [0.717, 1.165) is 34.4 Å². The van der Waals surface area contributed by atoms with Crippen LogP contribution < -0.4 is 5.73 Å². The Balaban J connectivity index is 2.17. The molecule has 1 aromatic rings. The molecule has 26 heavy (non-hydrogen) atoms. The number of hydrogen-bond acceptors (Lipinski definition) is 6. The van der Waals surface area contributed by atoms with Gasteiger partial charge in [0.2, 0.25) is 0 Å². The lowest BCUT2D eigenvalue weighted by Gasteiger charge is -2.32. The molecule has 1 aromatic carbocycles. The number of aliphatic imine (C=N–C) groups is 1. The summed E-state index contributed by atoms with van der Waals surface area (Å²) in [6.07, 6.45) is 1.97. The summed E-state index contributed by atoms with van der Waals surface area (Å²) in [4.78, 5) is 4.77. The first-order chi connectivity index (χ1) is 12.5. The zero-order chi connectivity index (χ0) is 19.0. The van der Waals surface area contributed by atoms with Crippen LogP contribution >= 0.6 is 39.5 Å². The summed E-state index contributed by atoms with van der Waals surface area (Å²) in [5.41, 5.74) is 5.35. The molecule has 1 aliphatic carbocycles. The third-order valence-electron chi connectivity index (χ3n) is 5.11. The fraction of sp³-hybridized carbons (Fsp3) is 0.526. The predicted octanol–water partition coefficient (Wildman–Crippen LogP) is 4.88. The Morgan fingerprint density at radius 3 is 2.35 bits per heavy atom. The SMILES string of the molecule is CCCSC1(SCCC)N=C(N)C2(C#N)C(c3cccc(Br)c3)C12C#N. The molecule has 0 radical (unpaired) electrons. The van der Waals surface area contributed by atoms with E-state index >= 15 is 0 Å². The van der Waals surface area contributed by atoms with Gasteiger partial charge in [0, 0.05) is 10.4 Å². The number of hydrogen-bond donors (Lipinski definition) is 1. The fourth-order valence-corrected chi connectivity index (χ4v) is 7.67. The van der Waals surface area contributed by atoms with Crippen molar-refractivity contribution in [2.75, 3.05) is 11.5 Å². The highest BCUT2D eigenvalue weighted by molar-refractivity contribution is 9.10. The Morgan fingerprint density at radius 2 is 1.85 bits per heavy atom. The number of benzene rings is 1. The summed E-state index contributed by atoms with van der Waals surface area (Å²) < 4.78 is 0.213. The fourth-order valence-electron chi connectivity index (χ4n) is 4.03. The quantitative estimate of drug-likeness (QED) is 0.600. The number of amidine groups is 1. The van der Waals surface area contributed by atoms with Crippen LogP contribution in [0.25, 0.3) is 0 Å². The molecule has 3 rings (SSSR count). The number of fused-ring (bicyclic) bond motifs is 1. The van der Waals surface area contributed by atoms with E-state index in [-0.39, 0.29) is 5.92 Å². The second-order valence-electron chi connectivity index (χ2n) is 6.60. The Labute approximate surface area is 171 Å². The van der Waals surface area contributed by atoms with Crippen molar-refractivity contribution in [3.05, 3.63) is 34.3 Å². The van der Waals surface area contributed by atoms with Crippen LogP contribution in [0.5, 0.6) is 0 Å². The second-order valence-corrected chi connectivity index (χ2v) is 10.4. The van der Waals surface area contributed by atoms with Gasteiger partial charge in [0.25, 0.3) is 0 Å². The number of nitriles is 2. The van der Waals surface area contributed by atoms with E-state index < -0.39 is 15.0 Å². The van der Waals surface area contributed by atoms with Crippen molar-refractivity contribution >= 4 is 45.3 Å². The summed E-state index contributed by atoms with van der Waals surface area (Å²) in [6, 6.07) is 12.8. The van der Waals surface area contributed by atoms with Crippen LogP contribution in [0.4, 0.5) is 0 Å². The standard InChI is InChI=1S/C19H21BrN4S2/c1-3-8-25-19(26-9-4-2)18(12-22)15(13-6-5-7-14(20)10-13)17(18,11-21)16(23)24-19/h5-7,10,15H,3-4,8-9H2,1-2H3,(H2,23,24). The Morgan fingerprint density at radius 1 is 1.19 bits per heavy atom. The molecule has 1 aliphatic heterocycles. The highest BCUT2D eigenvalue weighted by Gasteiger charge is 2.91. The normalized spacial score (nSPS) is 30.8. The van der Waals surface area contributed by atoms with E-state index in [4.69, 9.17) is 10.7 Å². The first-order valence-electron chi connectivity index (χ1n) is 8.71. The number of nitrogens with two attached hydrogens (primary N) is 1. The molecule has 0 spiro atoms. The Bertz CT molecular complexity index is 820. The van der Waals surface area contributed by atoms with Gasteiger partial charge in [-0.25, -0.2) is 4.99 Å². The molecule has 0 saturated heterocycles. The summed E-state index contributed by atoms with van der Waals surface area (Å²) in [5.74, 6) is 1.82. The molecule has 0 bridgehead atoms. The largest absolute Gasteiger partial charge is 0.386 e. The summed E-state index contributed by atoms with van der Waals surface area (Å²) in [6.45, 7) is 4.23. The highest BCUT2D eigenvalue weighted by Crippen LogP contribution is 2.85. The maximum Gasteiger partial charge on any atom is 0.175 e. The Kier molecular flexibility index (Phi) is 5.36. The lowest BCUT2D eigenvalue weighted by atomic mass is 9.97. The van der Waals surface area contributed by atoms with Gasteiger partial charge < -0.3 is 5.73 Å². The third-order valence-corrected chi connectivity index (χ3v) is 9.15. The third kappa shape index (κ3) is 2.37. The molecule has 136 valence electrons. The molecule has 1 fully saturated rings. The molecular formula is C19H21BrN4S2. The van der Waals surface area contributed by atoms with Crippen LogP contribution in [-0.2, 0) is 0 Å². The number of nitrogens with zero attached hydrogens (tertiary/aromatic N) is 3. The molecule has 0 aromatic heterocycles. The van der Waals surface area contributed by atoms with Gasteiger partial charge in [0.1, 0.15) is 16.7 Å². The topological polar surface area (TPSA) is 86.0 Å². The van der Waals surface area contributed by atoms with E-state index in [1.807, 2.05) is 24.3 Å². The number of rotatable bonds is 7. The molecule has 7 heteroatoms. The van der Waals surface area contributed by atoms with Gasteiger partial charge in [-0.05, 0) is 42.0 Å². The molecule has 1 saturated carbocycles. The lowest BCUT2D eigenvalue weighted by Crippen LogP contribution is -2.32. The van der Waals surface area contributed by atoms with Gasteiger partial charge in [-0.3, -0.25) is 0 Å². The van der Waals surface area contributed by atoms with Crippen LogP contribution in [0, 0.1) is 33.5 Å². The van der Waals surface area contributed by atoms with E-state index in [1.165, 1.54) is 0 Å². The molecule has 0 amide bonds. The summed E-state index contributed by atoms with van der Waals surface area (Å²) in [5, 5.41) is 20.5. The van der Waals surface area contributed by atoms with Gasteiger partial charge in [0.05, 0.1) is 12.1 Å². The van der Waals surface area contributed by atoms with Crippen molar-refractivity contribution < 1.29 is 0 Å². The van der Waals surface area contributed by atoms with E-state index in [9.17, 15) is 10.5 Å². The van der Waals surface area contributed by atoms with Crippen LogP contribution in [-0.4, -0.2) is 21.5 Å². The zero-order valence-electron chi connectivity index (χ0n) is 14.8. The summed E-state index contributed by atoms with van der Waals surface area (Å²) >= 11 is 6.86. The first kappa shape index (κ1) is 19.6. The minimum Gasteiger partial charge on any atom is -0.386 e. The Hall–Kier alpha value is -1.15. The first-order valence-corrected chi connectivity index (χ1v) is 11.5. The molecule has 3 atom stereocenters. The predicted molar refractivity (Wildman–Crippen MR) is 113 cm³/mol. The van der Waals surface area contributed by atoms with Crippen LogP contribution in [0.1, 0.15) is 38.2 Å². The molecule has 3 unspecified atom stereocenters. The molecule has 4 nitrogen and oxygen atoms in total. The lowest BCUT2D eigenvalue weighted by molar-refractivity contribution is 0.563. The van der Waals surface area contributed by atoms with Crippen LogP contribution in [0.3, 0.4) is 0 Å². The van der Waals surface area contributed by atoms with Crippen molar-refractivity contribution in [3.63, 3.8) is 0 Å². The van der Waals surface area contributed by atoms with Gasteiger partial charge in [0.15, 0.2) is 4.20 Å². The molecule has 1 heterocycles. The van der Waals surface area contributed by atoms with Crippen LogP contribution in [0.2, 0.25) is 0 Å². The van der Waals surface area contributed by atoms with Gasteiger partial charge in [-0.2, -0.15) is 10.5 Å². The minimum absolute atomic E-state index is 0.256. The van der Waals surface area contributed by atoms with Crippen molar-refractivity contribution in [2.24, 2.45) is 21.6 Å². The maximum atomic E-state index is 10.3. The molecular weight excluding hydrogens is 428 g/mol. The van der Waals surface area contributed by atoms with Crippen LogP contribution in [0.15, 0.2) is 33.7 Å². The number of halogens is 1. The second kappa shape index (κ2) is 7.11. The van der Waals surface area contributed by atoms with E-state index in [2.05, 4.69) is 41.9 Å². The molecule has 2 aliphatic rings. The number of thioether (sulfide) groups is 2. The van der Waals surface area contributed by atoms with E-state index in [0.29, 0.717) is 5.84 Å².